The van der Waals surface area contributed by atoms with Crippen molar-refractivity contribution in [1.82, 2.24) is 10.6 Å². The Morgan fingerprint density at radius 2 is 1.07 bits per heavy atom. The van der Waals surface area contributed by atoms with Gasteiger partial charge < -0.3 is 16.0 Å². The fourth-order valence-corrected chi connectivity index (χ4v) is 5.38. The standard InChI is InChI=1S/C19H28N2O3S.C12H23NO2S/c1-12(2)19(24)17(20-13(3)4)10-25-11-18(23)21-16-8-6-15(7-9-16)14(5)22;1-8(2)12(15)11(13-9(3)4)7-16-6-10(5)14/h6-9,12-13,17,20H,10-11H2,1-5H3,(H,21,23);8-9,11,13H,6-7H2,1-5H3. The van der Waals surface area contributed by atoms with Gasteiger partial charge in [0, 0.05) is 46.7 Å². The number of hydrogen-bond acceptors (Lipinski definition) is 9. The molecule has 1 rings (SSSR count). The van der Waals surface area contributed by atoms with Gasteiger partial charge in [0.1, 0.15) is 5.78 Å². The fourth-order valence-electron chi connectivity index (χ4n) is 3.61. The molecule has 0 saturated heterocycles. The van der Waals surface area contributed by atoms with Crippen LogP contribution >= 0.6 is 23.5 Å². The van der Waals surface area contributed by atoms with Crippen molar-refractivity contribution in [3.63, 3.8) is 0 Å². The van der Waals surface area contributed by atoms with Crippen LogP contribution in [0.2, 0.25) is 0 Å². The number of anilines is 1. The van der Waals surface area contributed by atoms with Crippen molar-refractivity contribution >= 4 is 58.3 Å². The Hall–Kier alpha value is -2.01. The van der Waals surface area contributed by atoms with E-state index in [0.717, 1.165) is 0 Å². The average molecular weight is 610 g/mol. The van der Waals surface area contributed by atoms with Gasteiger partial charge in [-0.05, 0) is 38.1 Å². The summed E-state index contributed by atoms with van der Waals surface area (Å²) >= 11 is 2.96. The number of ketones is 4. The SMILES string of the molecule is CC(=O)CSCC(NC(C)C)C(=O)C(C)C.CC(=O)c1ccc(NC(=O)CSCC(NC(C)C)C(=O)C(C)C)cc1. The molecule has 41 heavy (non-hydrogen) atoms. The second kappa shape index (κ2) is 20.8. The molecule has 1 amide bonds. The Morgan fingerprint density at radius 3 is 1.41 bits per heavy atom. The molecule has 0 radical (unpaired) electrons. The quantitative estimate of drug-likeness (QED) is 0.196. The molecule has 0 aliphatic rings. The van der Waals surface area contributed by atoms with Crippen LogP contribution in [0.4, 0.5) is 5.69 Å². The highest BCUT2D eigenvalue weighted by atomic mass is 32.2. The third kappa shape index (κ3) is 18.2. The van der Waals surface area contributed by atoms with Crippen LogP contribution in [0.15, 0.2) is 24.3 Å². The highest BCUT2D eigenvalue weighted by Gasteiger charge is 2.23. The van der Waals surface area contributed by atoms with Crippen molar-refractivity contribution in [2.24, 2.45) is 11.8 Å². The number of thioether (sulfide) groups is 2. The summed E-state index contributed by atoms with van der Waals surface area (Å²) in [7, 11) is 0. The third-order valence-electron chi connectivity index (χ3n) is 5.58. The number of rotatable bonds is 18. The molecule has 2 unspecified atom stereocenters. The van der Waals surface area contributed by atoms with Crippen molar-refractivity contribution in [2.75, 3.05) is 28.3 Å². The molecule has 1 aromatic carbocycles. The normalized spacial score (nSPS) is 12.6. The fraction of sp³-hybridized carbons (Fsp3) is 0.645. The first-order valence-corrected chi connectivity index (χ1v) is 16.5. The van der Waals surface area contributed by atoms with E-state index in [9.17, 15) is 24.0 Å². The molecule has 8 nitrogen and oxygen atoms in total. The summed E-state index contributed by atoms with van der Waals surface area (Å²) in [5, 5.41) is 9.32. The van der Waals surface area contributed by atoms with Gasteiger partial charge in [0.05, 0.1) is 23.6 Å². The monoisotopic (exact) mass is 609 g/mol. The Labute approximate surface area is 255 Å². The summed E-state index contributed by atoms with van der Waals surface area (Å²) < 4.78 is 0. The predicted octanol–water partition coefficient (Wildman–Crippen LogP) is 5.05. The van der Waals surface area contributed by atoms with Crippen LogP contribution < -0.4 is 16.0 Å². The van der Waals surface area contributed by atoms with Crippen molar-refractivity contribution in [2.45, 2.75) is 93.4 Å². The summed E-state index contributed by atoms with van der Waals surface area (Å²) in [4.78, 5) is 58.2. The summed E-state index contributed by atoms with van der Waals surface area (Å²) in [6, 6.07) is 6.92. The van der Waals surface area contributed by atoms with Gasteiger partial charge in [-0.15, -0.1) is 11.8 Å². The van der Waals surface area contributed by atoms with E-state index in [4.69, 9.17) is 0 Å². The number of benzene rings is 1. The van der Waals surface area contributed by atoms with E-state index in [1.54, 1.807) is 31.2 Å². The molecule has 0 aliphatic carbocycles. The maximum atomic E-state index is 12.2. The number of carbonyl (C=O) groups excluding carboxylic acids is 5. The summed E-state index contributed by atoms with van der Waals surface area (Å²) in [5.41, 5.74) is 1.27. The van der Waals surface area contributed by atoms with Gasteiger partial charge in [-0.25, -0.2) is 0 Å². The summed E-state index contributed by atoms with van der Waals surface area (Å²) in [5.74, 6) is 2.42. The molecule has 2 atom stereocenters. The number of hydrogen-bond donors (Lipinski definition) is 3. The van der Waals surface area contributed by atoms with E-state index < -0.39 is 0 Å². The van der Waals surface area contributed by atoms with Crippen LogP contribution in [-0.2, 0) is 19.2 Å². The molecule has 1 aromatic rings. The number of nitrogens with one attached hydrogen (secondary N) is 3. The van der Waals surface area contributed by atoms with Crippen molar-refractivity contribution in [3.05, 3.63) is 29.8 Å². The average Bonchev–Trinajstić information content (AvgIpc) is 2.86. The van der Waals surface area contributed by atoms with Crippen LogP contribution in [-0.4, -0.2) is 76.2 Å². The van der Waals surface area contributed by atoms with Gasteiger partial charge in [-0.1, -0.05) is 55.4 Å². The molecule has 0 aromatic heterocycles. The van der Waals surface area contributed by atoms with Crippen LogP contribution in [0.3, 0.4) is 0 Å². The minimum Gasteiger partial charge on any atom is -0.325 e. The Morgan fingerprint density at radius 1 is 0.659 bits per heavy atom. The lowest BCUT2D eigenvalue weighted by molar-refractivity contribution is -0.124. The molecule has 0 saturated carbocycles. The summed E-state index contributed by atoms with van der Waals surface area (Å²) in [6.45, 7) is 18.7. The van der Waals surface area contributed by atoms with Crippen molar-refractivity contribution in [3.8, 4) is 0 Å². The van der Waals surface area contributed by atoms with Gasteiger partial charge in [-0.3, -0.25) is 24.0 Å². The van der Waals surface area contributed by atoms with Crippen LogP contribution in [0.5, 0.6) is 0 Å². The number of carbonyl (C=O) groups is 5. The van der Waals surface area contributed by atoms with Gasteiger partial charge in [0.15, 0.2) is 17.3 Å². The zero-order chi connectivity index (χ0) is 31.7. The number of amides is 1. The first-order chi connectivity index (χ1) is 19.0. The minimum absolute atomic E-state index is 0.00746. The molecule has 0 fully saturated rings. The number of Topliss-reactive ketones (excluding diaryl/α,β-unsaturated/α-hetero) is 4. The van der Waals surface area contributed by atoms with Crippen LogP contribution in [0.25, 0.3) is 0 Å². The first kappa shape index (κ1) is 39.0. The van der Waals surface area contributed by atoms with Gasteiger partial charge in [-0.2, -0.15) is 11.8 Å². The maximum Gasteiger partial charge on any atom is 0.234 e. The van der Waals surface area contributed by atoms with E-state index in [0.29, 0.717) is 28.5 Å². The van der Waals surface area contributed by atoms with Gasteiger partial charge in [0.2, 0.25) is 5.91 Å². The smallest absolute Gasteiger partial charge is 0.234 e. The lowest BCUT2D eigenvalue weighted by atomic mass is 10.0. The first-order valence-electron chi connectivity index (χ1n) is 14.2. The molecule has 0 spiro atoms. The van der Waals surface area contributed by atoms with Crippen molar-refractivity contribution in [1.29, 1.82) is 0 Å². The predicted molar refractivity (Wildman–Crippen MR) is 174 cm³/mol. The largest absolute Gasteiger partial charge is 0.325 e. The van der Waals surface area contributed by atoms with Gasteiger partial charge in [0.25, 0.3) is 0 Å². The molecule has 0 heterocycles. The maximum absolute atomic E-state index is 12.2. The molecule has 0 aliphatic heterocycles. The van der Waals surface area contributed by atoms with Crippen molar-refractivity contribution < 1.29 is 24.0 Å². The third-order valence-corrected chi connectivity index (χ3v) is 7.79. The zero-order valence-corrected chi connectivity index (χ0v) is 28.1. The van der Waals surface area contributed by atoms with Gasteiger partial charge >= 0.3 is 0 Å². The molecular formula is C31H51N3O5S2. The molecular weight excluding hydrogens is 558 g/mol. The van der Waals surface area contributed by atoms with E-state index in [-0.39, 0.29) is 70.8 Å². The highest BCUT2D eigenvalue weighted by molar-refractivity contribution is 8.00. The molecule has 10 heteroatoms. The van der Waals surface area contributed by atoms with E-state index >= 15 is 0 Å². The Balaban J connectivity index is 0.000000865. The molecule has 232 valence electrons. The Kier molecular flexibility index (Phi) is 19.8. The Bertz CT molecular complexity index is 978. The lowest BCUT2D eigenvalue weighted by Gasteiger charge is -2.21. The molecule has 0 bridgehead atoms. The van der Waals surface area contributed by atoms with Crippen LogP contribution in [0, 0.1) is 11.8 Å². The lowest BCUT2D eigenvalue weighted by Crippen LogP contribution is -2.44. The zero-order valence-electron chi connectivity index (χ0n) is 26.5. The second-order valence-electron chi connectivity index (χ2n) is 11.3. The summed E-state index contributed by atoms with van der Waals surface area (Å²) in [6.07, 6.45) is 0. The minimum atomic E-state index is -0.243. The van der Waals surface area contributed by atoms with Crippen LogP contribution in [0.1, 0.15) is 79.6 Å². The molecule has 3 N–H and O–H groups in total. The highest BCUT2D eigenvalue weighted by Crippen LogP contribution is 2.13. The van der Waals surface area contributed by atoms with E-state index in [1.165, 1.54) is 30.4 Å². The second-order valence-corrected chi connectivity index (χ2v) is 13.3. The van der Waals surface area contributed by atoms with E-state index in [1.807, 2.05) is 55.4 Å². The topological polar surface area (TPSA) is 121 Å². The van der Waals surface area contributed by atoms with E-state index in [2.05, 4.69) is 16.0 Å².